The topological polar surface area (TPSA) is 55.6 Å². The number of carbonyl (C=O) groups is 1. The average Bonchev–Trinajstić information content (AvgIpc) is 3.37. The minimum Gasteiger partial charge on any atom is -0.482 e. The number of nitrogens with zero attached hydrogens (tertiary/aromatic N) is 2. The molecule has 0 radical (unpaired) electrons. The summed E-state index contributed by atoms with van der Waals surface area (Å²) in [5, 5.41) is 3.79. The second kappa shape index (κ2) is 7.98. The molecule has 8 heteroatoms. The number of hydrogen-bond acceptors (Lipinski definition) is 4. The van der Waals surface area contributed by atoms with Gasteiger partial charge in [-0.15, -0.1) is 0 Å². The minimum absolute atomic E-state index is 0.109. The highest BCUT2D eigenvalue weighted by molar-refractivity contribution is 5.92. The van der Waals surface area contributed by atoms with Gasteiger partial charge in [0.1, 0.15) is 18.2 Å². The van der Waals surface area contributed by atoms with Crippen molar-refractivity contribution in [2.24, 2.45) is 0 Å². The predicted molar refractivity (Wildman–Crippen MR) is 96.6 cm³/mol. The molecule has 1 aliphatic rings. The summed E-state index contributed by atoms with van der Waals surface area (Å²) < 4.78 is 50.1. The molecule has 0 bridgehead atoms. The van der Waals surface area contributed by atoms with Crippen molar-refractivity contribution in [1.29, 1.82) is 0 Å². The highest BCUT2D eigenvalue weighted by Crippen LogP contribution is 2.33. The smallest absolute Gasteiger partial charge is 0.276 e. The van der Waals surface area contributed by atoms with Gasteiger partial charge in [-0.2, -0.15) is 0 Å². The maximum atomic E-state index is 13.6. The van der Waals surface area contributed by atoms with E-state index in [4.69, 9.17) is 9.26 Å². The van der Waals surface area contributed by atoms with E-state index in [1.807, 2.05) is 0 Å². The Balaban J connectivity index is 1.44. The summed E-state index contributed by atoms with van der Waals surface area (Å²) in [6.07, 6.45) is 1.60. The highest BCUT2D eigenvalue weighted by Gasteiger charge is 2.32. The molecule has 5 nitrogen and oxygen atoms in total. The van der Waals surface area contributed by atoms with Crippen LogP contribution in [0.4, 0.5) is 13.2 Å². The SMILES string of the molecule is O=C(c1cc(COc2ccc(F)cc2F)on1)N1CCC[C@@H]1c1ccc(F)cc1. The van der Waals surface area contributed by atoms with Crippen molar-refractivity contribution >= 4 is 5.91 Å². The molecule has 2 aromatic carbocycles. The van der Waals surface area contributed by atoms with Crippen molar-refractivity contribution in [3.63, 3.8) is 0 Å². The van der Waals surface area contributed by atoms with Crippen molar-refractivity contribution in [1.82, 2.24) is 10.1 Å². The molecular formula is C21H17F3N2O3. The summed E-state index contributed by atoms with van der Waals surface area (Å²) in [5.41, 5.74) is 0.966. The maximum absolute atomic E-state index is 13.6. The van der Waals surface area contributed by atoms with Crippen molar-refractivity contribution in [3.05, 3.63) is 83.0 Å². The largest absolute Gasteiger partial charge is 0.482 e. The van der Waals surface area contributed by atoms with Gasteiger partial charge in [-0.1, -0.05) is 17.3 Å². The van der Waals surface area contributed by atoms with Gasteiger partial charge in [0.05, 0.1) is 6.04 Å². The van der Waals surface area contributed by atoms with Crippen LogP contribution in [0.15, 0.2) is 53.1 Å². The third-order valence-corrected chi connectivity index (χ3v) is 4.81. The third kappa shape index (κ3) is 4.11. The Hall–Kier alpha value is -3.29. The molecule has 0 unspecified atom stereocenters. The first-order chi connectivity index (χ1) is 14.0. The zero-order valence-corrected chi connectivity index (χ0v) is 15.3. The Kier molecular flexibility index (Phi) is 5.24. The molecule has 1 atom stereocenters. The Morgan fingerprint density at radius 2 is 1.86 bits per heavy atom. The molecule has 1 saturated heterocycles. The Morgan fingerprint density at radius 3 is 2.62 bits per heavy atom. The number of rotatable bonds is 5. The van der Waals surface area contributed by atoms with Crippen LogP contribution in [0.5, 0.6) is 5.75 Å². The lowest BCUT2D eigenvalue weighted by atomic mass is 10.0. The van der Waals surface area contributed by atoms with E-state index in [0.717, 1.165) is 24.5 Å². The van der Waals surface area contributed by atoms with E-state index in [0.29, 0.717) is 12.6 Å². The molecule has 1 aliphatic heterocycles. The van der Waals surface area contributed by atoms with E-state index in [1.54, 1.807) is 17.0 Å². The van der Waals surface area contributed by atoms with Crippen LogP contribution in [0.1, 0.15) is 40.7 Å². The van der Waals surface area contributed by atoms with Gasteiger partial charge in [-0.25, -0.2) is 13.2 Å². The quantitative estimate of drug-likeness (QED) is 0.624. The molecule has 0 aliphatic carbocycles. The summed E-state index contributed by atoms with van der Waals surface area (Å²) >= 11 is 0. The molecule has 1 amide bonds. The number of carbonyl (C=O) groups excluding carboxylic acids is 1. The molecule has 3 aromatic rings. The lowest BCUT2D eigenvalue weighted by Crippen LogP contribution is -2.30. The van der Waals surface area contributed by atoms with Crippen LogP contribution in [0.25, 0.3) is 0 Å². The van der Waals surface area contributed by atoms with Crippen molar-refractivity contribution in [3.8, 4) is 5.75 Å². The number of ether oxygens (including phenoxy) is 1. The molecule has 0 saturated carbocycles. The second-order valence-corrected chi connectivity index (χ2v) is 6.75. The molecule has 0 N–H and O–H groups in total. The highest BCUT2D eigenvalue weighted by atomic mass is 19.1. The first kappa shape index (κ1) is 19.0. The van der Waals surface area contributed by atoms with E-state index < -0.39 is 11.6 Å². The zero-order chi connectivity index (χ0) is 20.4. The average molecular weight is 402 g/mol. The zero-order valence-electron chi connectivity index (χ0n) is 15.3. The summed E-state index contributed by atoms with van der Waals surface area (Å²) in [7, 11) is 0. The molecule has 2 heterocycles. The first-order valence-corrected chi connectivity index (χ1v) is 9.11. The molecule has 0 spiro atoms. The van der Waals surface area contributed by atoms with Crippen LogP contribution in [-0.4, -0.2) is 22.5 Å². The number of likely N-dealkylation sites (tertiary alicyclic amines) is 1. The third-order valence-electron chi connectivity index (χ3n) is 4.81. The molecular weight excluding hydrogens is 385 g/mol. The Bertz CT molecular complexity index is 1020. The van der Waals surface area contributed by atoms with E-state index in [2.05, 4.69) is 5.16 Å². The van der Waals surface area contributed by atoms with Crippen molar-refractivity contribution < 1.29 is 27.2 Å². The predicted octanol–water partition coefficient (Wildman–Crippen LogP) is 4.65. The van der Waals surface area contributed by atoms with Gasteiger partial charge >= 0.3 is 0 Å². The Labute approximate surface area is 164 Å². The minimum atomic E-state index is -0.833. The first-order valence-electron chi connectivity index (χ1n) is 9.11. The van der Waals surface area contributed by atoms with Crippen LogP contribution in [0, 0.1) is 17.5 Å². The number of amides is 1. The van der Waals surface area contributed by atoms with E-state index >= 15 is 0 Å². The van der Waals surface area contributed by atoms with Crippen LogP contribution in [0.2, 0.25) is 0 Å². The lowest BCUT2D eigenvalue weighted by Gasteiger charge is -2.24. The number of halogens is 3. The van der Waals surface area contributed by atoms with E-state index in [9.17, 15) is 18.0 Å². The van der Waals surface area contributed by atoms with Gasteiger partial charge in [-0.3, -0.25) is 4.79 Å². The molecule has 4 rings (SSSR count). The van der Waals surface area contributed by atoms with Gasteiger partial charge in [0.15, 0.2) is 23.0 Å². The fraction of sp³-hybridized carbons (Fsp3) is 0.238. The van der Waals surface area contributed by atoms with Gasteiger partial charge in [0.25, 0.3) is 5.91 Å². The monoisotopic (exact) mass is 402 g/mol. The Morgan fingerprint density at radius 1 is 1.10 bits per heavy atom. The summed E-state index contributed by atoms with van der Waals surface area (Å²) in [6, 6.07) is 10.3. The van der Waals surface area contributed by atoms with Crippen LogP contribution in [0.3, 0.4) is 0 Å². The van der Waals surface area contributed by atoms with E-state index in [1.165, 1.54) is 24.3 Å². The summed E-state index contributed by atoms with van der Waals surface area (Å²) in [4.78, 5) is 14.5. The molecule has 150 valence electrons. The standard InChI is InChI=1S/C21H17F3N2O3/c22-14-5-3-13(4-6-14)19-2-1-9-26(19)21(27)18-11-16(29-25-18)12-28-20-8-7-15(23)10-17(20)24/h3-8,10-11,19H,1-2,9,12H2/t19-/m1/s1. The second-order valence-electron chi connectivity index (χ2n) is 6.75. The summed E-state index contributed by atoms with van der Waals surface area (Å²) in [5.74, 6) is -2.08. The van der Waals surface area contributed by atoms with Gasteiger partial charge in [0, 0.05) is 18.7 Å². The molecule has 1 aromatic heterocycles. The fourth-order valence-corrected chi connectivity index (χ4v) is 3.41. The van der Waals surface area contributed by atoms with E-state index in [-0.39, 0.29) is 41.6 Å². The van der Waals surface area contributed by atoms with Gasteiger partial charge in [-0.05, 0) is 42.7 Å². The van der Waals surface area contributed by atoms with Crippen LogP contribution >= 0.6 is 0 Å². The number of aromatic nitrogens is 1. The van der Waals surface area contributed by atoms with Crippen LogP contribution < -0.4 is 4.74 Å². The van der Waals surface area contributed by atoms with Crippen LogP contribution in [-0.2, 0) is 6.61 Å². The normalized spacial score (nSPS) is 16.2. The molecule has 29 heavy (non-hydrogen) atoms. The van der Waals surface area contributed by atoms with Gasteiger partial charge in [0.2, 0.25) is 0 Å². The van der Waals surface area contributed by atoms with Crippen molar-refractivity contribution in [2.75, 3.05) is 6.54 Å². The number of benzene rings is 2. The van der Waals surface area contributed by atoms with Gasteiger partial charge < -0.3 is 14.2 Å². The molecule has 1 fully saturated rings. The fourth-order valence-electron chi connectivity index (χ4n) is 3.41. The maximum Gasteiger partial charge on any atom is 0.276 e. The number of hydrogen-bond donors (Lipinski definition) is 0. The lowest BCUT2D eigenvalue weighted by molar-refractivity contribution is 0.0725. The summed E-state index contributed by atoms with van der Waals surface area (Å²) in [6.45, 7) is 0.393. The van der Waals surface area contributed by atoms with Crippen molar-refractivity contribution in [2.45, 2.75) is 25.5 Å².